The third-order valence-electron chi connectivity index (χ3n) is 2.55. The van der Waals surface area contributed by atoms with Crippen LogP contribution in [0.2, 0.25) is 0 Å². The Balaban J connectivity index is 5.67. The Morgan fingerprint density at radius 1 is 1.33 bits per heavy atom. The molecule has 0 saturated carbocycles. The summed E-state index contributed by atoms with van der Waals surface area (Å²) in [4.78, 5) is 3.41. The number of hydrogen-bond acceptors (Lipinski definition) is 0. The minimum absolute atomic E-state index is 1.07. The zero-order valence-corrected chi connectivity index (χ0v) is 11.0. The molecule has 0 heterocycles. The summed E-state index contributed by atoms with van der Waals surface area (Å²) in [6.45, 7) is 22.1. The molecule has 15 heavy (non-hydrogen) atoms. The van der Waals surface area contributed by atoms with Crippen LogP contribution in [0.1, 0.15) is 27.2 Å². The first kappa shape index (κ1) is 14.1. The van der Waals surface area contributed by atoms with E-state index in [1.165, 1.54) is 9.81 Å². The molecule has 0 aromatic rings. The fourth-order valence-electron chi connectivity index (χ4n) is 1.71. The van der Waals surface area contributed by atoms with Gasteiger partial charge in [-0.1, -0.05) is 39.3 Å². The second-order valence-electron chi connectivity index (χ2n) is 3.55. The van der Waals surface area contributed by atoms with Crippen molar-refractivity contribution in [1.82, 2.24) is 0 Å². The van der Waals surface area contributed by atoms with Crippen LogP contribution in [-0.2, 0) is 0 Å². The van der Waals surface area contributed by atoms with Crippen LogP contribution in [0.25, 0.3) is 0 Å². The molecule has 0 saturated heterocycles. The van der Waals surface area contributed by atoms with Gasteiger partial charge in [-0.3, -0.25) is 0 Å². The molecule has 0 rings (SSSR count). The van der Waals surface area contributed by atoms with E-state index in [9.17, 15) is 0 Å². The molecule has 0 aliphatic rings. The van der Waals surface area contributed by atoms with Crippen molar-refractivity contribution in [3.05, 3.63) is 52.8 Å². The van der Waals surface area contributed by atoms with Gasteiger partial charge >= 0.3 is 0 Å². The van der Waals surface area contributed by atoms with Crippen LogP contribution in [0, 0.1) is 0 Å². The van der Waals surface area contributed by atoms with Gasteiger partial charge in [-0.25, -0.2) is 0 Å². The first-order chi connectivity index (χ1) is 6.97. The highest BCUT2D eigenvalue weighted by molar-refractivity contribution is 8.42. The third kappa shape index (κ3) is 2.56. The molecule has 0 N–H and O–H groups in total. The van der Waals surface area contributed by atoms with Gasteiger partial charge in [0.15, 0.2) is 0 Å². The molecular formula is C14H22S. The topological polar surface area (TPSA) is 0 Å². The summed E-state index contributed by atoms with van der Waals surface area (Å²) in [5.41, 5.74) is 3.02. The van der Waals surface area contributed by atoms with E-state index in [1.807, 2.05) is 6.08 Å². The summed E-state index contributed by atoms with van der Waals surface area (Å²) in [5, 5.41) is 0. The maximum absolute atomic E-state index is 4.12. The standard InChI is InChI=1S/C14H22S/c1-8-11-15(12(4)5,13(6)9-2)14(7)10-3/h9H,2-4,6,8,11H2,1,5,7H3. The summed E-state index contributed by atoms with van der Waals surface area (Å²) >= 11 is 0. The Kier molecular flexibility index (Phi) is 5.49. The first-order valence-electron chi connectivity index (χ1n) is 5.12. The molecule has 1 atom stereocenters. The summed E-state index contributed by atoms with van der Waals surface area (Å²) in [5.74, 6) is 1.07. The molecule has 0 aliphatic carbocycles. The second-order valence-corrected chi connectivity index (χ2v) is 7.27. The number of rotatable bonds is 6. The Hall–Kier alpha value is -0.910. The maximum Gasteiger partial charge on any atom is 0.0136 e. The summed E-state index contributed by atoms with van der Waals surface area (Å²) in [7, 11) is -1.18. The van der Waals surface area contributed by atoms with Crippen LogP contribution in [0.15, 0.2) is 52.8 Å². The van der Waals surface area contributed by atoms with E-state index < -0.39 is 10.0 Å². The fraction of sp³-hybridized carbons (Fsp3) is 0.357. The smallest absolute Gasteiger partial charge is 0.0136 e. The predicted molar refractivity (Wildman–Crippen MR) is 75.2 cm³/mol. The van der Waals surface area contributed by atoms with Gasteiger partial charge in [0.05, 0.1) is 0 Å². The molecule has 0 nitrogen and oxygen atoms in total. The van der Waals surface area contributed by atoms with Crippen molar-refractivity contribution in [3.8, 4) is 0 Å². The van der Waals surface area contributed by atoms with Crippen molar-refractivity contribution in [2.24, 2.45) is 0 Å². The molecule has 0 fully saturated rings. The quantitative estimate of drug-likeness (QED) is 0.432. The van der Waals surface area contributed by atoms with Crippen LogP contribution in [0.3, 0.4) is 0 Å². The molecule has 0 bridgehead atoms. The fourth-order valence-corrected chi connectivity index (χ4v) is 5.14. The van der Waals surface area contributed by atoms with Gasteiger partial charge in [-0.05, 0) is 35.8 Å². The molecule has 0 aromatic heterocycles. The zero-order chi connectivity index (χ0) is 12.1. The summed E-state index contributed by atoms with van der Waals surface area (Å²) in [6.07, 6.45) is 2.95. The summed E-state index contributed by atoms with van der Waals surface area (Å²) in [6, 6.07) is 0. The van der Waals surface area contributed by atoms with Gasteiger partial charge in [0.1, 0.15) is 0 Å². The minimum atomic E-state index is -1.18. The molecule has 0 amide bonds. The molecule has 0 aromatic carbocycles. The minimum Gasteiger partial charge on any atom is -0.163 e. The van der Waals surface area contributed by atoms with Crippen molar-refractivity contribution < 1.29 is 0 Å². The lowest BCUT2D eigenvalue weighted by Crippen LogP contribution is -2.07. The maximum atomic E-state index is 4.12. The molecule has 84 valence electrons. The van der Waals surface area contributed by atoms with Gasteiger partial charge in [-0.15, -0.1) is 5.73 Å². The predicted octanol–water partition coefficient (Wildman–Crippen LogP) is 5.12. The normalized spacial score (nSPS) is 15.7. The van der Waals surface area contributed by atoms with Crippen LogP contribution < -0.4 is 0 Å². The third-order valence-corrected chi connectivity index (χ3v) is 7.01. The van der Waals surface area contributed by atoms with Crippen LogP contribution in [-0.4, -0.2) is 5.75 Å². The van der Waals surface area contributed by atoms with Crippen molar-refractivity contribution in [3.63, 3.8) is 0 Å². The molecular weight excluding hydrogens is 200 g/mol. The van der Waals surface area contributed by atoms with Gasteiger partial charge in [0.2, 0.25) is 0 Å². The largest absolute Gasteiger partial charge is 0.163 e. The molecule has 0 radical (unpaired) electrons. The van der Waals surface area contributed by atoms with E-state index >= 15 is 0 Å². The van der Waals surface area contributed by atoms with Gasteiger partial charge < -0.3 is 0 Å². The molecule has 1 heteroatoms. The Labute approximate surface area is 96.1 Å². The van der Waals surface area contributed by atoms with Crippen LogP contribution in [0.5, 0.6) is 0 Å². The average molecular weight is 222 g/mol. The highest BCUT2D eigenvalue weighted by Gasteiger charge is 2.28. The number of hydrogen-bond donors (Lipinski definition) is 0. The van der Waals surface area contributed by atoms with E-state index in [2.05, 4.69) is 52.8 Å². The van der Waals surface area contributed by atoms with Crippen LogP contribution in [0.4, 0.5) is 0 Å². The lowest BCUT2D eigenvalue weighted by Gasteiger charge is -2.41. The Morgan fingerprint density at radius 2 is 1.87 bits per heavy atom. The van der Waals surface area contributed by atoms with Crippen molar-refractivity contribution in [2.75, 3.05) is 5.75 Å². The molecule has 0 spiro atoms. The van der Waals surface area contributed by atoms with Gasteiger partial charge in [0.25, 0.3) is 0 Å². The Bertz CT molecular complexity index is 329. The SMILES string of the molecule is C=C=C(C)S(CCC)(C(=C)C)C(=C)C=C. The highest BCUT2D eigenvalue weighted by atomic mass is 32.3. The zero-order valence-electron chi connectivity index (χ0n) is 10.2. The van der Waals surface area contributed by atoms with E-state index in [1.54, 1.807) is 0 Å². The van der Waals surface area contributed by atoms with Crippen molar-refractivity contribution in [1.29, 1.82) is 0 Å². The summed E-state index contributed by atoms with van der Waals surface area (Å²) < 4.78 is 0. The Morgan fingerprint density at radius 3 is 2.13 bits per heavy atom. The van der Waals surface area contributed by atoms with Crippen LogP contribution >= 0.6 is 10.0 Å². The lowest BCUT2D eigenvalue weighted by atomic mass is 10.6. The van der Waals surface area contributed by atoms with Gasteiger partial charge in [-0.2, -0.15) is 10.0 Å². The van der Waals surface area contributed by atoms with E-state index in [4.69, 9.17) is 0 Å². The molecule has 1 unspecified atom stereocenters. The van der Waals surface area contributed by atoms with E-state index in [-0.39, 0.29) is 0 Å². The van der Waals surface area contributed by atoms with Crippen molar-refractivity contribution >= 4 is 10.0 Å². The monoisotopic (exact) mass is 222 g/mol. The lowest BCUT2D eigenvalue weighted by molar-refractivity contribution is 1.10. The first-order valence-corrected chi connectivity index (χ1v) is 6.92. The van der Waals surface area contributed by atoms with Gasteiger partial charge in [0, 0.05) is 4.91 Å². The van der Waals surface area contributed by atoms with E-state index in [0.717, 1.165) is 17.1 Å². The average Bonchev–Trinajstić information content (AvgIpc) is 2.23. The number of allylic oxidation sites excluding steroid dienone is 3. The van der Waals surface area contributed by atoms with Crippen molar-refractivity contribution in [2.45, 2.75) is 27.2 Å². The molecule has 0 aliphatic heterocycles. The highest BCUT2D eigenvalue weighted by Crippen LogP contribution is 2.66. The second kappa shape index (κ2) is 5.85. The van der Waals surface area contributed by atoms with E-state index in [0.29, 0.717) is 0 Å².